The molecule has 0 spiro atoms. The fourth-order valence-electron chi connectivity index (χ4n) is 4.10. The predicted octanol–water partition coefficient (Wildman–Crippen LogP) is 2.64. The number of rotatable bonds is 8. The number of amides is 1. The number of ether oxygens (including phenoxy) is 3. The van der Waals surface area contributed by atoms with Crippen molar-refractivity contribution in [2.45, 2.75) is 11.8 Å². The van der Waals surface area contributed by atoms with Gasteiger partial charge in [0.15, 0.2) is 17.3 Å². The van der Waals surface area contributed by atoms with Crippen LogP contribution >= 0.6 is 0 Å². The lowest BCUT2D eigenvalue weighted by Gasteiger charge is -2.34. The second-order valence-corrected chi connectivity index (χ2v) is 10.2. The van der Waals surface area contributed by atoms with Crippen LogP contribution in [0.2, 0.25) is 0 Å². The van der Waals surface area contributed by atoms with Gasteiger partial charge in [0.05, 0.1) is 31.9 Å². The number of nitrogens with one attached hydrogen (secondary N) is 1. The third kappa shape index (κ3) is 5.59. The molecule has 2 heterocycles. The van der Waals surface area contributed by atoms with Crippen LogP contribution in [0, 0.1) is 0 Å². The van der Waals surface area contributed by atoms with Crippen LogP contribution in [-0.4, -0.2) is 76.3 Å². The van der Waals surface area contributed by atoms with Crippen LogP contribution in [0.3, 0.4) is 0 Å². The van der Waals surface area contributed by atoms with Crippen molar-refractivity contribution in [2.24, 2.45) is 0 Å². The summed E-state index contributed by atoms with van der Waals surface area (Å²) in [4.78, 5) is 13.4. The molecule has 0 aliphatic carbocycles. The smallest absolute Gasteiger partial charge is 0.243 e. The van der Waals surface area contributed by atoms with Crippen molar-refractivity contribution in [2.75, 3.05) is 57.7 Å². The number of aromatic nitrogens is 2. The van der Waals surface area contributed by atoms with Gasteiger partial charge in [0, 0.05) is 44.4 Å². The number of hydrogen-bond acceptors (Lipinski definition) is 9. The summed E-state index contributed by atoms with van der Waals surface area (Å²) < 4.78 is 43.8. The van der Waals surface area contributed by atoms with Gasteiger partial charge in [-0.05, 0) is 48.5 Å². The molecule has 0 atom stereocenters. The number of hydrogen-bond donors (Lipinski definition) is 1. The van der Waals surface area contributed by atoms with E-state index in [1.54, 1.807) is 45.6 Å². The quantitative estimate of drug-likeness (QED) is 0.471. The molecule has 4 rings (SSSR count). The lowest BCUT2D eigenvalue weighted by Crippen LogP contribution is -2.49. The molecule has 196 valence electrons. The molecule has 0 unspecified atom stereocenters. The molecule has 1 aromatic heterocycles. The maximum Gasteiger partial charge on any atom is 0.243 e. The fraction of sp³-hybridized carbons (Fsp3) is 0.320. The molecule has 1 saturated heterocycles. The summed E-state index contributed by atoms with van der Waals surface area (Å²) in [6.07, 6.45) is 0. The largest absolute Gasteiger partial charge is 0.493 e. The summed E-state index contributed by atoms with van der Waals surface area (Å²) in [7, 11) is 0.999. The van der Waals surface area contributed by atoms with Gasteiger partial charge in [-0.25, -0.2) is 8.42 Å². The van der Waals surface area contributed by atoms with E-state index in [0.29, 0.717) is 60.6 Å². The Balaban J connectivity index is 1.44. The van der Waals surface area contributed by atoms with E-state index in [4.69, 9.17) is 14.2 Å². The van der Waals surface area contributed by atoms with Gasteiger partial charge >= 0.3 is 0 Å². The molecule has 37 heavy (non-hydrogen) atoms. The second kappa shape index (κ2) is 11.0. The van der Waals surface area contributed by atoms with Gasteiger partial charge in [0.2, 0.25) is 21.7 Å². The van der Waals surface area contributed by atoms with Crippen LogP contribution in [0.25, 0.3) is 11.3 Å². The Morgan fingerprint density at radius 3 is 1.97 bits per heavy atom. The van der Waals surface area contributed by atoms with Gasteiger partial charge in [0.25, 0.3) is 0 Å². The number of piperazine rings is 1. The van der Waals surface area contributed by atoms with Crippen molar-refractivity contribution in [1.82, 2.24) is 14.5 Å². The van der Waals surface area contributed by atoms with Crippen LogP contribution in [-0.2, 0) is 14.8 Å². The molecule has 1 aliphatic heterocycles. The maximum absolute atomic E-state index is 13.1. The average molecular weight is 528 g/mol. The van der Waals surface area contributed by atoms with Gasteiger partial charge in [-0.3, -0.25) is 4.79 Å². The molecule has 0 radical (unpaired) electrons. The van der Waals surface area contributed by atoms with Gasteiger partial charge in [0.1, 0.15) is 0 Å². The van der Waals surface area contributed by atoms with E-state index in [9.17, 15) is 13.2 Å². The number of sulfonamides is 1. The summed E-state index contributed by atoms with van der Waals surface area (Å²) in [6, 6.07) is 13.5. The number of benzene rings is 2. The summed E-state index contributed by atoms with van der Waals surface area (Å²) in [5.41, 5.74) is 1.94. The second-order valence-electron chi connectivity index (χ2n) is 8.29. The molecule has 1 amide bonds. The maximum atomic E-state index is 13.1. The highest BCUT2D eigenvalue weighted by Gasteiger charge is 2.29. The first kappa shape index (κ1) is 26.2. The van der Waals surface area contributed by atoms with Gasteiger partial charge in [-0.2, -0.15) is 4.31 Å². The molecule has 0 bridgehead atoms. The Kier molecular flexibility index (Phi) is 7.79. The standard InChI is InChI=1S/C25H29N5O6S/c1-17(31)26-19-5-7-20(8-6-19)37(32,33)30-13-11-29(12-14-30)24-10-9-21(27-28-24)18-15-22(34-2)25(36-4)23(16-18)35-3/h5-10,15-16H,11-14H2,1-4H3,(H,26,31). The van der Waals surface area contributed by atoms with Crippen molar-refractivity contribution in [3.05, 3.63) is 48.5 Å². The lowest BCUT2D eigenvalue weighted by molar-refractivity contribution is -0.114. The van der Waals surface area contributed by atoms with Gasteiger partial charge in [-0.15, -0.1) is 10.2 Å². The van der Waals surface area contributed by atoms with Crippen molar-refractivity contribution in [3.63, 3.8) is 0 Å². The Morgan fingerprint density at radius 1 is 0.865 bits per heavy atom. The normalized spacial score (nSPS) is 14.2. The topological polar surface area (TPSA) is 123 Å². The van der Waals surface area contributed by atoms with Crippen LogP contribution < -0.4 is 24.4 Å². The van der Waals surface area contributed by atoms with E-state index >= 15 is 0 Å². The SMILES string of the molecule is COc1cc(-c2ccc(N3CCN(S(=O)(=O)c4ccc(NC(C)=O)cc4)CC3)nn2)cc(OC)c1OC. The van der Waals surface area contributed by atoms with Crippen molar-refractivity contribution in [1.29, 1.82) is 0 Å². The summed E-state index contributed by atoms with van der Waals surface area (Å²) in [6.45, 7) is 2.97. The first-order chi connectivity index (χ1) is 17.8. The Labute approximate surface area is 216 Å². The number of methoxy groups -OCH3 is 3. The van der Waals surface area contributed by atoms with E-state index in [0.717, 1.165) is 5.56 Å². The third-order valence-electron chi connectivity index (χ3n) is 5.99. The van der Waals surface area contributed by atoms with Crippen LogP contribution in [0.15, 0.2) is 53.4 Å². The molecule has 1 N–H and O–H groups in total. The summed E-state index contributed by atoms with van der Waals surface area (Å²) in [5.74, 6) is 1.98. The van der Waals surface area contributed by atoms with Crippen LogP contribution in [0.5, 0.6) is 17.2 Å². The third-order valence-corrected chi connectivity index (χ3v) is 7.90. The minimum absolute atomic E-state index is 0.185. The van der Waals surface area contributed by atoms with E-state index in [1.165, 1.54) is 23.4 Å². The highest BCUT2D eigenvalue weighted by atomic mass is 32.2. The van der Waals surface area contributed by atoms with Gasteiger partial charge < -0.3 is 24.4 Å². The first-order valence-corrected chi connectivity index (χ1v) is 13.0. The van der Waals surface area contributed by atoms with Crippen molar-refractivity contribution < 1.29 is 27.4 Å². The first-order valence-electron chi connectivity index (χ1n) is 11.5. The molecule has 0 saturated carbocycles. The molecular weight excluding hydrogens is 498 g/mol. The number of nitrogens with zero attached hydrogens (tertiary/aromatic N) is 4. The molecule has 1 fully saturated rings. The molecule has 1 aliphatic rings. The highest BCUT2D eigenvalue weighted by molar-refractivity contribution is 7.89. The minimum atomic E-state index is -3.65. The Bertz CT molecular complexity index is 1330. The predicted molar refractivity (Wildman–Crippen MR) is 139 cm³/mol. The minimum Gasteiger partial charge on any atom is -0.493 e. The van der Waals surface area contributed by atoms with E-state index in [2.05, 4.69) is 15.5 Å². The fourth-order valence-corrected chi connectivity index (χ4v) is 5.52. The molecule has 3 aromatic rings. The van der Waals surface area contributed by atoms with Crippen LogP contribution in [0.4, 0.5) is 11.5 Å². The van der Waals surface area contributed by atoms with E-state index < -0.39 is 10.0 Å². The zero-order valence-electron chi connectivity index (χ0n) is 21.1. The number of anilines is 2. The van der Waals surface area contributed by atoms with Crippen LogP contribution in [0.1, 0.15) is 6.92 Å². The van der Waals surface area contributed by atoms with Gasteiger partial charge in [-0.1, -0.05) is 0 Å². The highest BCUT2D eigenvalue weighted by Crippen LogP contribution is 2.40. The Hall–Kier alpha value is -3.90. The average Bonchev–Trinajstić information content (AvgIpc) is 2.92. The lowest BCUT2D eigenvalue weighted by atomic mass is 10.1. The zero-order valence-corrected chi connectivity index (χ0v) is 21.9. The monoisotopic (exact) mass is 527 g/mol. The summed E-state index contributed by atoms with van der Waals surface area (Å²) >= 11 is 0. The number of carbonyl (C=O) groups excluding carboxylic acids is 1. The molecule has 2 aromatic carbocycles. The van der Waals surface area contributed by atoms with E-state index in [1.807, 2.05) is 17.0 Å². The van der Waals surface area contributed by atoms with E-state index in [-0.39, 0.29) is 10.8 Å². The summed E-state index contributed by atoms with van der Waals surface area (Å²) in [5, 5.41) is 11.4. The zero-order chi connectivity index (χ0) is 26.6. The Morgan fingerprint density at radius 2 is 1.49 bits per heavy atom. The molecule has 11 nitrogen and oxygen atoms in total. The van der Waals surface area contributed by atoms with Crippen molar-refractivity contribution >= 4 is 27.4 Å². The van der Waals surface area contributed by atoms with Crippen molar-refractivity contribution in [3.8, 4) is 28.5 Å². The number of carbonyl (C=O) groups is 1. The molecular formula is C25H29N5O6S. The molecule has 12 heteroatoms.